The third-order valence-electron chi connectivity index (χ3n) is 4.31. The Kier molecular flexibility index (Phi) is 6.26. The molecule has 0 saturated carbocycles. The van der Waals surface area contributed by atoms with Crippen molar-refractivity contribution in [3.8, 4) is 0 Å². The van der Waals surface area contributed by atoms with Gasteiger partial charge in [-0.3, -0.25) is 9.10 Å². The van der Waals surface area contributed by atoms with E-state index >= 15 is 0 Å². The molecule has 0 atom stereocenters. The van der Waals surface area contributed by atoms with E-state index in [0.29, 0.717) is 16.3 Å². The number of rotatable bonds is 6. The van der Waals surface area contributed by atoms with Crippen LogP contribution in [0.2, 0.25) is 5.02 Å². The van der Waals surface area contributed by atoms with Crippen molar-refractivity contribution in [2.75, 3.05) is 11.9 Å². The maximum atomic E-state index is 13.2. The Morgan fingerprint density at radius 3 is 2.62 bits per heavy atom. The first-order valence-electron chi connectivity index (χ1n) is 9.11. The lowest BCUT2D eigenvalue weighted by atomic mass is 10.2. The number of hydrogen-bond donors (Lipinski definition) is 2. The Balaban J connectivity index is 1.96. The van der Waals surface area contributed by atoms with Crippen LogP contribution in [-0.4, -0.2) is 36.1 Å². The summed E-state index contributed by atoms with van der Waals surface area (Å²) in [6.45, 7) is 3.68. The largest absolute Gasteiger partial charge is 0.392 e. The second-order valence-corrected chi connectivity index (χ2v) is 9.36. The maximum absolute atomic E-state index is 13.2. The van der Waals surface area contributed by atoms with E-state index in [1.807, 2.05) is 13.8 Å². The Bertz CT molecular complexity index is 1070. The van der Waals surface area contributed by atoms with E-state index in [-0.39, 0.29) is 41.9 Å². The van der Waals surface area contributed by atoms with E-state index in [0.717, 1.165) is 0 Å². The van der Waals surface area contributed by atoms with Gasteiger partial charge < -0.3 is 10.4 Å². The predicted molar refractivity (Wildman–Crippen MR) is 113 cm³/mol. The number of aliphatic hydroxyl groups is 1. The molecule has 3 rings (SSSR count). The summed E-state index contributed by atoms with van der Waals surface area (Å²) in [6.07, 6.45) is -0.224. The molecule has 2 N–H and O–H groups in total. The van der Waals surface area contributed by atoms with Gasteiger partial charge in [-0.1, -0.05) is 43.6 Å². The summed E-state index contributed by atoms with van der Waals surface area (Å²) in [5.74, 6) is -0.257. The molecule has 29 heavy (non-hydrogen) atoms. The number of para-hydroxylation sites is 1. The number of aliphatic imine (C=N–C) groups is 1. The summed E-state index contributed by atoms with van der Waals surface area (Å²) < 4.78 is 27.6. The molecule has 0 unspecified atom stereocenters. The lowest BCUT2D eigenvalue weighted by molar-refractivity contribution is -0.115. The predicted octanol–water partition coefficient (Wildman–Crippen LogP) is 3.55. The third-order valence-corrected chi connectivity index (χ3v) is 6.46. The molecule has 1 aliphatic heterocycles. The third kappa shape index (κ3) is 4.60. The molecule has 1 amide bonds. The summed E-state index contributed by atoms with van der Waals surface area (Å²) in [6, 6.07) is 11.4. The van der Waals surface area contributed by atoms with E-state index < -0.39 is 15.9 Å². The number of aliphatic hydroxyl groups excluding tert-OH is 1. The maximum Gasteiger partial charge on any atom is 0.267 e. The molecular formula is C20H22ClN3O4S. The Labute approximate surface area is 175 Å². The Morgan fingerprint density at radius 1 is 1.24 bits per heavy atom. The minimum absolute atomic E-state index is 0.0178. The Hall–Kier alpha value is -2.42. The van der Waals surface area contributed by atoms with Crippen LogP contribution in [0.1, 0.15) is 25.8 Å². The second-order valence-electron chi connectivity index (χ2n) is 7.12. The number of hydrogen-bond acceptors (Lipinski definition) is 5. The molecule has 0 spiro atoms. The quantitative estimate of drug-likeness (QED) is 0.724. The summed E-state index contributed by atoms with van der Waals surface area (Å²) >= 11 is 6.08. The number of benzene rings is 2. The fourth-order valence-corrected chi connectivity index (χ4v) is 4.95. The van der Waals surface area contributed by atoms with Crippen LogP contribution in [-0.2, 0) is 21.4 Å². The van der Waals surface area contributed by atoms with E-state index in [1.165, 1.54) is 16.4 Å². The van der Waals surface area contributed by atoms with E-state index in [4.69, 9.17) is 11.6 Å². The number of sulfonamides is 1. The van der Waals surface area contributed by atoms with Crippen molar-refractivity contribution < 1.29 is 18.3 Å². The number of nitrogens with zero attached hydrogens (tertiary/aromatic N) is 2. The van der Waals surface area contributed by atoms with Gasteiger partial charge in [0.25, 0.3) is 10.0 Å². The number of carbonyl (C=O) groups is 1. The first-order chi connectivity index (χ1) is 13.7. The lowest BCUT2D eigenvalue weighted by Crippen LogP contribution is -2.42. The second kappa shape index (κ2) is 8.52. The van der Waals surface area contributed by atoms with Crippen molar-refractivity contribution in [2.24, 2.45) is 10.9 Å². The van der Waals surface area contributed by atoms with Crippen LogP contribution in [0.5, 0.6) is 0 Å². The zero-order valence-electron chi connectivity index (χ0n) is 16.1. The number of amidine groups is 1. The minimum atomic E-state index is -3.90. The number of carbonyl (C=O) groups excluding carboxylic acids is 1. The van der Waals surface area contributed by atoms with Crippen molar-refractivity contribution in [3.05, 3.63) is 53.1 Å². The minimum Gasteiger partial charge on any atom is -0.392 e. The molecule has 2 aromatic carbocycles. The monoisotopic (exact) mass is 435 g/mol. The number of fused-ring (bicyclic) bond motifs is 1. The molecule has 1 aliphatic rings. The van der Waals surface area contributed by atoms with Crippen molar-refractivity contribution in [3.63, 3.8) is 0 Å². The lowest BCUT2D eigenvalue weighted by Gasteiger charge is -2.31. The van der Waals surface area contributed by atoms with Gasteiger partial charge in [0.2, 0.25) is 5.91 Å². The molecule has 1 heterocycles. The highest BCUT2D eigenvalue weighted by molar-refractivity contribution is 7.90. The fraction of sp³-hybridized carbons (Fsp3) is 0.300. The van der Waals surface area contributed by atoms with Crippen LogP contribution in [0.25, 0.3) is 0 Å². The smallest absolute Gasteiger partial charge is 0.267 e. The van der Waals surface area contributed by atoms with Crippen molar-refractivity contribution in [1.29, 1.82) is 0 Å². The first kappa shape index (κ1) is 21.3. The van der Waals surface area contributed by atoms with Gasteiger partial charge in [0.15, 0.2) is 0 Å². The fourth-order valence-electron chi connectivity index (χ4n) is 2.97. The molecule has 0 aliphatic carbocycles. The summed E-state index contributed by atoms with van der Waals surface area (Å²) in [7, 11) is -3.90. The van der Waals surface area contributed by atoms with Gasteiger partial charge in [0.1, 0.15) is 10.7 Å². The Morgan fingerprint density at radius 2 is 1.97 bits per heavy atom. The molecule has 0 aromatic heterocycles. The van der Waals surface area contributed by atoms with Crippen LogP contribution in [0.4, 0.5) is 11.4 Å². The van der Waals surface area contributed by atoms with Gasteiger partial charge in [-0.25, -0.2) is 13.4 Å². The van der Waals surface area contributed by atoms with Crippen LogP contribution in [0.3, 0.4) is 0 Å². The molecule has 9 heteroatoms. The van der Waals surface area contributed by atoms with Gasteiger partial charge in [-0.05, 0) is 35.7 Å². The summed E-state index contributed by atoms with van der Waals surface area (Å²) in [4.78, 5) is 17.1. The zero-order chi connectivity index (χ0) is 21.2. The molecule has 0 radical (unpaired) electrons. The van der Waals surface area contributed by atoms with Crippen molar-refractivity contribution in [2.45, 2.75) is 31.8 Å². The highest BCUT2D eigenvalue weighted by Crippen LogP contribution is 2.34. The normalized spacial score (nSPS) is 15.1. The number of halogens is 1. The van der Waals surface area contributed by atoms with Crippen LogP contribution < -0.4 is 5.32 Å². The van der Waals surface area contributed by atoms with Crippen molar-refractivity contribution >= 4 is 44.7 Å². The van der Waals surface area contributed by atoms with Crippen molar-refractivity contribution in [1.82, 2.24) is 4.31 Å². The summed E-state index contributed by atoms with van der Waals surface area (Å²) in [5.41, 5.74) is 1.18. The molecule has 0 fully saturated rings. The molecule has 7 nitrogen and oxygen atoms in total. The molecule has 2 aromatic rings. The molecule has 154 valence electrons. The standard InChI is InChI=1S/C20H22ClN3O4S/c1-13(2)11-24-19(10-20(26)23-16-6-4-3-5-15(16)21)22-17-8-7-14(12-25)9-18(17)29(24,27)28/h3-9,13,25H,10-12H2,1-2H3,(H,23,26). The van der Waals surface area contributed by atoms with Crippen LogP contribution >= 0.6 is 11.6 Å². The average molecular weight is 436 g/mol. The zero-order valence-corrected chi connectivity index (χ0v) is 17.7. The van der Waals surface area contributed by atoms with Gasteiger partial charge in [0.05, 0.1) is 29.4 Å². The first-order valence-corrected chi connectivity index (χ1v) is 10.9. The van der Waals surface area contributed by atoms with E-state index in [9.17, 15) is 18.3 Å². The molecule has 0 bridgehead atoms. The van der Waals surface area contributed by atoms with Gasteiger partial charge in [-0.2, -0.15) is 0 Å². The highest BCUT2D eigenvalue weighted by atomic mass is 35.5. The van der Waals surface area contributed by atoms with Gasteiger partial charge in [-0.15, -0.1) is 0 Å². The number of amides is 1. The van der Waals surface area contributed by atoms with Crippen LogP contribution in [0.15, 0.2) is 52.4 Å². The number of anilines is 1. The molecular weight excluding hydrogens is 414 g/mol. The van der Waals surface area contributed by atoms with Gasteiger partial charge in [0, 0.05) is 6.54 Å². The molecule has 0 saturated heterocycles. The number of nitrogens with one attached hydrogen (secondary N) is 1. The van der Waals surface area contributed by atoms with E-state index in [1.54, 1.807) is 30.3 Å². The van der Waals surface area contributed by atoms with E-state index in [2.05, 4.69) is 10.3 Å². The van der Waals surface area contributed by atoms with Crippen LogP contribution in [0, 0.1) is 5.92 Å². The topological polar surface area (TPSA) is 99.1 Å². The SMILES string of the molecule is CC(C)CN1C(CC(=O)Nc2ccccc2Cl)=Nc2ccc(CO)cc2S1(=O)=O. The van der Waals surface area contributed by atoms with Gasteiger partial charge >= 0.3 is 0 Å². The summed E-state index contributed by atoms with van der Waals surface area (Å²) in [5, 5.41) is 12.4. The average Bonchev–Trinajstić information content (AvgIpc) is 2.66. The highest BCUT2D eigenvalue weighted by Gasteiger charge is 2.35.